The van der Waals surface area contributed by atoms with Crippen LogP contribution in [-0.4, -0.2) is 19.3 Å². The molecule has 0 bridgehead atoms. The second kappa shape index (κ2) is 7.68. The lowest BCUT2D eigenvalue weighted by Gasteiger charge is -2.27. The molecule has 0 saturated carbocycles. The third kappa shape index (κ3) is 4.03. The van der Waals surface area contributed by atoms with Crippen molar-refractivity contribution in [3.05, 3.63) is 71.8 Å². The van der Waals surface area contributed by atoms with Gasteiger partial charge in [-0.05, 0) is 11.1 Å². The molecule has 0 spiro atoms. The van der Waals surface area contributed by atoms with Gasteiger partial charge in [0.1, 0.15) is 0 Å². The van der Waals surface area contributed by atoms with Gasteiger partial charge in [0, 0.05) is 14.2 Å². The highest BCUT2D eigenvalue weighted by atomic mass is 31.2. The van der Waals surface area contributed by atoms with Crippen molar-refractivity contribution in [2.45, 2.75) is 12.1 Å². The van der Waals surface area contributed by atoms with Crippen LogP contribution in [0.25, 0.3) is 0 Å². The Kier molecular flexibility index (Phi) is 5.89. The third-order valence-electron chi connectivity index (χ3n) is 3.39. The lowest BCUT2D eigenvalue weighted by atomic mass is 9.97. The van der Waals surface area contributed by atoms with E-state index in [1.165, 1.54) is 14.2 Å². The summed E-state index contributed by atoms with van der Waals surface area (Å²) in [5, 5.41) is 13.5. The third-order valence-corrected chi connectivity index (χ3v) is 4.95. The van der Waals surface area contributed by atoms with Crippen LogP contribution >= 0.6 is 7.75 Å². The summed E-state index contributed by atoms with van der Waals surface area (Å²) in [6, 6.07) is 17.8. The van der Waals surface area contributed by atoms with Crippen molar-refractivity contribution in [1.29, 1.82) is 0 Å². The number of benzene rings is 2. The highest BCUT2D eigenvalue weighted by Crippen LogP contribution is 2.46. The molecular weight excluding hydrogens is 301 g/mol. The molecule has 0 aliphatic heterocycles. The maximum atomic E-state index is 12.4. The van der Waals surface area contributed by atoms with Crippen LogP contribution in [0.1, 0.15) is 23.3 Å². The summed E-state index contributed by atoms with van der Waals surface area (Å²) >= 11 is 0. The van der Waals surface area contributed by atoms with Crippen LogP contribution in [0.3, 0.4) is 0 Å². The van der Waals surface area contributed by atoms with Crippen molar-refractivity contribution in [2.75, 3.05) is 14.2 Å². The Morgan fingerprint density at radius 3 is 1.82 bits per heavy atom. The second-order valence-corrected chi connectivity index (χ2v) is 6.72. The Balaban J connectivity index is 2.36. The number of rotatable bonds is 7. The van der Waals surface area contributed by atoms with E-state index in [0.29, 0.717) is 5.56 Å². The molecule has 0 fully saturated rings. The molecule has 118 valence electrons. The first-order valence-corrected chi connectivity index (χ1v) is 8.41. The fourth-order valence-electron chi connectivity index (χ4n) is 2.18. The fourth-order valence-corrected chi connectivity index (χ4v) is 3.17. The summed E-state index contributed by atoms with van der Waals surface area (Å²) in [4.78, 5) is 0. The Labute approximate surface area is 130 Å². The van der Waals surface area contributed by atoms with E-state index in [-0.39, 0.29) is 0 Å². The SMILES string of the molecule is COP(=O)(N[C@H](c1ccccc1)[C@H](O)c1ccccc1)OC. The molecule has 2 aromatic rings. The summed E-state index contributed by atoms with van der Waals surface area (Å²) in [7, 11) is -0.887. The van der Waals surface area contributed by atoms with Gasteiger partial charge in [0.15, 0.2) is 0 Å². The quantitative estimate of drug-likeness (QED) is 0.765. The number of hydrogen-bond acceptors (Lipinski definition) is 4. The second-order valence-electron chi connectivity index (χ2n) is 4.74. The molecule has 0 aliphatic rings. The number of hydrogen-bond donors (Lipinski definition) is 2. The smallest absolute Gasteiger partial charge is 0.386 e. The van der Waals surface area contributed by atoms with Gasteiger partial charge in [-0.25, -0.2) is 9.65 Å². The summed E-state index contributed by atoms with van der Waals surface area (Å²) in [6.45, 7) is 0. The van der Waals surface area contributed by atoms with Crippen molar-refractivity contribution < 1.29 is 18.7 Å². The van der Waals surface area contributed by atoms with E-state index < -0.39 is 19.9 Å². The molecule has 2 aromatic carbocycles. The molecule has 0 aliphatic carbocycles. The predicted molar refractivity (Wildman–Crippen MR) is 85.3 cm³/mol. The Morgan fingerprint density at radius 1 is 0.909 bits per heavy atom. The molecule has 0 unspecified atom stereocenters. The zero-order chi connectivity index (χ0) is 16.0. The normalized spacial score (nSPS) is 14.5. The summed E-state index contributed by atoms with van der Waals surface area (Å²) < 4.78 is 22.3. The summed E-state index contributed by atoms with van der Waals surface area (Å²) in [6.07, 6.45) is -0.901. The molecule has 0 aromatic heterocycles. The molecule has 2 rings (SSSR count). The van der Waals surface area contributed by atoms with Gasteiger partial charge in [-0.2, -0.15) is 0 Å². The van der Waals surface area contributed by atoms with Gasteiger partial charge in [0.2, 0.25) is 0 Å². The molecule has 5 nitrogen and oxygen atoms in total. The van der Waals surface area contributed by atoms with Gasteiger partial charge < -0.3 is 14.2 Å². The van der Waals surface area contributed by atoms with E-state index >= 15 is 0 Å². The van der Waals surface area contributed by atoms with Gasteiger partial charge >= 0.3 is 7.75 Å². The first kappa shape index (κ1) is 16.9. The standard InChI is InChI=1S/C16H20NO4P/c1-20-22(19,21-2)17-15(13-9-5-3-6-10-13)16(18)14-11-7-4-8-12-14/h3-12,15-16,18H,1-2H3,(H,17,19)/t15-,16-/m1/s1. The Hall–Kier alpha value is -1.49. The van der Waals surface area contributed by atoms with E-state index in [1.54, 1.807) is 0 Å². The van der Waals surface area contributed by atoms with Crippen molar-refractivity contribution in [3.8, 4) is 0 Å². The van der Waals surface area contributed by atoms with Crippen molar-refractivity contribution >= 4 is 7.75 Å². The fraction of sp³-hybridized carbons (Fsp3) is 0.250. The number of nitrogens with one attached hydrogen (secondary N) is 1. The molecule has 2 N–H and O–H groups in total. The van der Waals surface area contributed by atoms with Crippen molar-refractivity contribution in [1.82, 2.24) is 5.09 Å². The van der Waals surface area contributed by atoms with Crippen LogP contribution in [0.15, 0.2) is 60.7 Å². The summed E-state index contributed by atoms with van der Waals surface area (Å²) in [5.41, 5.74) is 1.50. The van der Waals surface area contributed by atoms with Gasteiger partial charge in [-0.15, -0.1) is 0 Å². The molecular formula is C16H20NO4P. The highest BCUT2D eigenvalue weighted by molar-refractivity contribution is 7.51. The lowest BCUT2D eigenvalue weighted by molar-refractivity contribution is 0.131. The van der Waals surface area contributed by atoms with E-state index in [1.807, 2.05) is 60.7 Å². The van der Waals surface area contributed by atoms with Crippen LogP contribution in [0.5, 0.6) is 0 Å². The number of aliphatic hydroxyl groups excluding tert-OH is 1. The largest absolute Gasteiger partial charge is 0.405 e. The van der Waals surface area contributed by atoms with Crippen molar-refractivity contribution in [3.63, 3.8) is 0 Å². The van der Waals surface area contributed by atoms with Crippen molar-refractivity contribution in [2.24, 2.45) is 0 Å². The van der Waals surface area contributed by atoms with Gasteiger partial charge in [0.25, 0.3) is 0 Å². The van der Waals surface area contributed by atoms with Crippen LogP contribution in [0.2, 0.25) is 0 Å². The molecule has 0 amide bonds. The molecule has 2 atom stereocenters. The zero-order valence-corrected chi connectivity index (χ0v) is 13.4. The zero-order valence-electron chi connectivity index (χ0n) is 12.5. The first-order chi connectivity index (χ1) is 10.6. The molecule has 0 heterocycles. The minimum absolute atomic E-state index is 0.630. The molecule has 22 heavy (non-hydrogen) atoms. The van der Waals surface area contributed by atoms with E-state index in [9.17, 15) is 9.67 Å². The molecule has 0 saturated heterocycles. The average Bonchev–Trinajstić information content (AvgIpc) is 2.60. The molecule has 0 radical (unpaired) electrons. The predicted octanol–water partition coefficient (Wildman–Crippen LogP) is 3.45. The van der Waals surface area contributed by atoms with E-state index in [0.717, 1.165) is 5.56 Å². The molecule has 6 heteroatoms. The van der Waals surface area contributed by atoms with Crippen LogP contribution in [-0.2, 0) is 13.6 Å². The summed E-state index contributed by atoms with van der Waals surface area (Å²) in [5.74, 6) is 0. The van der Waals surface area contributed by atoms with Gasteiger partial charge in [0.05, 0.1) is 12.1 Å². The lowest BCUT2D eigenvalue weighted by Crippen LogP contribution is -2.26. The van der Waals surface area contributed by atoms with Crippen LogP contribution < -0.4 is 5.09 Å². The highest BCUT2D eigenvalue weighted by Gasteiger charge is 2.31. The minimum atomic E-state index is -3.49. The Morgan fingerprint density at radius 2 is 1.36 bits per heavy atom. The maximum absolute atomic E-state index is 12.4. The monoisotopic (exact) mass is 321 g/mol. The number of aliphatic hydroxyl groups is 1. The van der Waals surface area contributed by atoms with Gasteiger partial charge in [-0.1, -0.05) is 60.7 Å². The van der Waals surface area contributed by atoms with E-state index in [4.69, 9.17) is 9.05 Å². The Bertz CT molecular complexity index is 613. The minimum Gasteiger partial charge on any atom is -0.386 e. The first-order valence-electron chi connectivity index (χ1n) is 6.87. The maximum Gasteiger partial charge on any atom is 0.405 e. The van der Waals surface area contributed by atoms with Gasteiger partial charge in [-0.3, -0.25) is 0 Å². The average molecular weight is 321 g/mol. The topological polar surface area (TPSA) is 67.8 Å². The van der Waals surface area contributed by atoms with E-state index in [2.05, 4.69) is 5.09 Å². The van der Waals surface area contributed by atoms with Crippen LogP contribution in [0.4, 0.5) is 0 Å². The van der Waals surface area contributed by atoms with Crippen LogP contribution in [0, 0.1) is 0 Å².